The third-order valence-corrected chi connectivity index (χ3v) is 4.39. The van der Waals surface area contributed by atoms with Crippen LogP contribution >= 0.6 is 0 Å². The van der Waals surface area contributed by atoms with Crippen molar-refractivity contribution in [2.24, 2.45) is 0 Å². The van der Waals surface area contributed by atoms with Crippen molar-refractivity contribution in [1.29, 1.82) is 0 Å². The highest BCUT2D eigenvalue weighted by molar-refractivity contribution is 5.62. The fourth-order valence-electron chi connectivity index (χ4n) is 2.91. The van der Waals surface area contributed by atoms with Gasteiger partial charge < -0.3 is 14.6 Å². The van der Waals surface area contributed by atoms with Gasteiger partial charge in [0.1, 0.15) is 11.6 Å². The SMILES string of the molecule is Oc1ccc(-c2cnc(CCCCCOC3CCCCO3)nc2)cc1. The first-order chi connectivity index (χ1) is 12.3. The maximum Gasteiger partial charge on any atom is 0.157 e. The minimum Gasteiger partial charge on any atom is -0.508 e. The summed E-state index contributed by atoms with van der Waals surface area (Å²) in [5, 5.41) is 9.33. The second kappa shape index (κ2) is 9.49. The van der Waals surface area contributed by atoms with E-state index in [0.717, 1.165) is 68.7 Å². The highest BCUT2D eigenvalue weighted by Crippen LogP contribution is 2.20. The monoisotopic (exact) mass is 342 g/mol. The van der Waals surface area contributed by atoms with Gasteiger partial charge >= 0.3 is 0 Å². The van der Waals surface area contributed by atoms with Gasteiger partial charge in [0.15, 0.2) is 6.29 Å². The lowest BCUT2D eigenvalue weighted by Gasteiger charge is -2.22. The van der Waals surface area contributed by atoms with Gasteiger partial charge in [-0.1, -0.05) is 18.6 Å². The van der Waals surface area contributed by atoms with Gasteiger partial charge in [-0.2, -0.15) is 0 Å². The Hall–Kier alpha value is -1.98. The highest BCUT2D eigenvalue weighted by atomic mass is 16.7. The molecule has 0 spiro atoms. The largest absolute Gasteiger partial charge is 0.508 e. The molecule has 2 aromatic rings. The molecule has 1 aromatic heterocycles. The Morgan fingerprint density at radius 3 is 2.52 bits per heavy atom. The number of hydrogen-bond donors (Lipinski definition) is 1. The van der Waals surface area contributed by atoms with Crippen molar-refractivity contribution in [2.45, 2.75) is 51.2 Å². The summed E-state index contributed by atoms with van der Waals surface area (Å²) in [4.78, 5) is 8.89. The quantitative estimate of drug-likeness (QED) is 0.732. The fourth-order valence-corrected chi connectivity index (χ4v) is 2.91. The highest BCUT2D eigenvalue weighted by Gasteiger charge is 2.13. The van der Waals surface area contributed by atoms with Crippen LogP contribution in [0.3, 0.4) is 0 Å². The van der Waals surface area contributed by atoms with Crippen LogP contribution in [0, 0.1) is 0 Å². The maximum absolute atomic E-state index is 9.33. The predicted molar refractivity (Wildman–Crippen MR) is 96.2 cm³/mol. The van der Waals surface area contributed by atoms with Gasteiger partial charge in [-0.15, -0.1) is 0 Å². The minimum atomic E-state index is 0.0181. The summed E-state index contributed by atoms with van der Waals surface area (Å²) in [7, 11) is 0. The number of benzene rings is 1. The molecule has 25 heavy (non-hydrogen) atoms. The zero-order valence-corrected chi connectivity index (χ0v) is 14.6. The number of rotatable bonds is 8. The number of aromatic nitrogens is 2. The normalized spacial score (nSPS) is 17.5. The van der Waals surface area contributed by atoms with E-state index in [1.54, 1.807) is 12.1 Å². The topological polar surface area (TPSA) is 64.5 Å². The Morgan fingerprint density at radius 2 is 1.80 bits per heavy atom. The number of phenolic OH excluding ortho intramolecular Hbond substituents is 1. The molecule has 1 aliphatic heterocycles. The van der Waals surface area contributed by atoms with Crippen LogP contribution in [-0.2, 0) is 15.9 Å². The Labute approximate surface area is 149 Å². The van der Waals surface area contributed by atoms with Gasteiger partial charge in [-0.25, -0.2) is 9.97 Å². The standard InChI is InChI=1S/C20H26N2O3/c23-18-10-8-16(9-11-18)17-14-21-19(22-15-17)6-2-1-4-12-24-20-7-3-5-13-25-20/h8-11,14-15,20,23H,1-7,12-13H2. The van der Waals surface area contributed by atoms with Gasteiger partial charge in [0.25, 0.3) is 0 Å². The first-order valence-corrected chi connectivity index (χ1v) is 9.15. The lowest BCUT2D eigenvalue weighted by atomic mass is 10.1. The van der Waals surface area contributed by atoms with E-state index in [-0.39, 0.29) is 12.0 Å². The predicted octanol–water partition coefficient (Wildman–Crippen LogP) is 4.11. The summed E-state index contributed by atoms with van der Waals surface area (Å²) in [6.07, 6.45) is 11.2. The number of nitrogens with zero attached hydrogens (tertiary/aromatic N) is 2. The average Bonchev–Trinajstić information content (AvgIpc) is 2.67. The molecule has 1 saturated heterocycles. The molecule has 1 N–H and O–H groups in total. The van der Waals surface area contributed by atoms with Crippen molar-refractivity contribution in [3.63, 3.8) is 0 Å². The summed E-state index contributed by atoms with van der Waals surface area (Å²) in [6.45, 7) is 1.60. The van der Waals surface area contributed by atoms with Crippen LogP contribution in [0.15, 0.2) is 36.7 Å². The van der Waals surface area contributed by atoms with Crippen molar-refractivity contribution in [3.8, 4) is 16.9 Å². The second-order valence-corrected chi connectivity index (χ2v) is 6.41. The summed E-state index contributed by atoms with van der Waals surface area (Å²) < 4.78 is 11.3. The third kappa shape index (κ3) is 5.80. The minimum absolute atomic E-state index is 0.0181. The first kappa shape index (κ1) is 17.8. The van der Waals surface area contributed by atoms with Gasteiger partial charge in [0.05, 0.1) is 0 Å². The molecule has 1 fully saturated rings. The summed E-state index contributed by atoms with van der Waals surface area (Å²) in [5.74, 6) is 1.14. The fraction of sp³-hybridized carbons (Fsp3) is 0.500. The molecule has 3 rings (SSSR count). The van der Waals surface area contributed by atoms with Crippen LogP contribution in [0.25, 0.3) is 11.1 Å². The van der Waals surface area contributed by atoms with E-state index in [0.29, 0.717) is 0 Å². The van der Waals surface area contributed by atoms with Crippen LogP contribution in [0.4, 0.5) is 0 Å². The molecule has 5 nitrogen and oxygen atoms in total. The van der Waals surface area contributed by atoms with Gasteiger partial charge in [0, 0.05) is 37.6 Å². The van der Waals surface area contributed by atoms with E-state index in [4.69, 9.17) is 9.47 Å². The van der Waals surface area contributed by atoms with E-state index >= 15 is 0 Å². The van der Waals surface area contributed by atoms with E-state index in [9.17, 15) is 5.11 Å². The Morgan fingerprint density at radius 1 is 1.00 bits per heavy atom. The zero-order chi connectivity index (χ0) is 17.3. The molecule has 0 bridgehead atoms. The Kier molecular flexibility index (Phi) is 6.77. The molecule has 1 unspecified atom stereocenters. The van der Waals surface area contributed by atoms with E-state index in [1.165, 1.54) is 6.42 Å². The van der Waals surface area contributed by atoms with Gasteiger partial charge in [-0.05, 0) is 49.8 Å². The van der Waals surface area contributed by atoms with E-state index < -0.39 is 0 Å². The molecule has 0 amide bonds. The lowest BCUT2D eigenvalue weighted by Crippen LogP contribution is -2.22. The molecule has 0 saturated carbocycles. The molecule has 134 valence electrons. The summed E-state index contributed by atoms with van der Waals surface area (Å²) in [5.41, 5.74) is 1.97. The molecule has 0 aliphatic carbocycles. The van der Waals surface area contributed by atoms with E-state index in [2.05, 4.69) is 9.97 Å². The van der Waals surface area contributed by atoms with Gasteiger partial charge in [-0.3, -0.25) is 0 Å². The molecule has 0 radical (unpaired) electrons. The van der Waals surface area contributed by atoms with Crippen molar-refractivity contribution >= 4 is 0 Å². The van der Waals surface area contributed by atoms with Crippen molar-refractivity contribution in [3.05, 3.63) is 42.5 Å². The lowest BCUT2D eigenvalue weighted by molar-refractivity contribution is -0.162. The van der Waals surface area contributed by atoms with Crippen LogP contribution < -0.4 is 0 Å². The zero-order valence-electron chi connectivity index (χ0n) is 14.6. The van der Waals surface area contributed by atoms with Gasteiger partial charge in [0.2, 0.25) is 0 Å². The average molecular weight is 342 g/mol. The Bertz CT molecular complexity index is 622. The van der Waals surface area contributed by atoms with Crippen LogP contribution in [0.2, 0.25) is 0 Å². The molecule has 2 heterocycles. The number of unbranched alkanes of at least 4 members (excludes halogenated alkanes) is 2. The van der Waals surface area contributed by atoms with Crippen LogP contribution in [0.5, 0.6) is 5.75 Å². The molecule has 1 aliphatic rings. The molecular formula is C20H26N2O3. The van der Waals surface area contributed by atoms with Crippen LogP contribution in [-0.4, -0.2) is 34.6 Å². The van der Waals surface area contributed by atoms with Crippen LogP contribution in [0.1, 0.15) is 44.3 Å². The maximum atomic E-state index is 9.33. The molecule has 5 heteroatoms. The van der Waals surface area contributed by atoms with E-state index in [1.807, 2.05) is 24.5 Å². The molecule has 1 atom stereocenters. The molecule has 1 aromatic carbocycles. The number of phenols is 1. The smallest absolute Gasteiger partial charge is 0.157 e. The van der Waals surface area contributed by atoms with Crippen molar-refractivity contribution < 1.29 is 14.6 Å². The number of ether oxygens (including phenoxy) is 2. The Balaban J connectivity index is 1.34. The summed E-state index contributed by atoms with van der Waals surface area (Å²) >= 11 is 0. The third-order valence-electron chi connectivity index (χ3n) is 4.39. The number of aromatic hydroxyl groups is 1. The first-order valence-electron chi connectivity index (χ1n) is 9.15. The molecular weight excluding hydrogens is 316 g/mol. The number of hydrogen-bond acceptors (Lipinski definition) is 5. The van der Waals surface area contributed by atoms with Crippen molar-refractivity contribution in [2.75, 3.05) is 13.2 Å². The van der Waals surface area contributed by atoms with Crippen molar-refractivity contribution in [1.82, 2.24) is 9.97 Å². The number of aryl methyl sites for hydroxylation is 1. The second-order valence-electron chi connectivity index (χ2n) is 6.41. The summed E-state index contributed by atoms with van der Waals surface area (Å²) in [6, 6.07) is 7.07.